The molecule has 20 heteroatoms. The van der Waals surface area contributed by atoms with Gasteiger partial charge < -0.3 is 58.9 Å². The minimum Gasteiger partial charge on any atom is -0.507 e. The second-order valence-corrected chi connectivity index (χ2v) is 24.0. The number of aliphatic hydroxyl groups is 2. The van der Waals surface area contributed by atoms with Crippen LogP contribution in [0.1, 0.15) is 180 Å². The summed E-state index contributed by atoms with van der Waals surface area (Å²) in [6, 6.07) is -1.08. The standard InChI is InChI=1S/C64H96N4O16/c1-18-20-21-22-26-46(65-62(78)81-35-80-48(70)19-2)61(77)67(16)34-49(71)83-58(38(6)25-23-24-37(5)45(13)69)43(11)55(73)42(10)54(72)41(9)47(79-17)27-32-82-64(15)60(76)52-50-51(57(75)44(12)59(52)84-64)56(74)40(8)39(7)53(50)66-63(14)28-30-68(31-29-63)33-36(3)4/h23-25,27,32,36,38,41-43,46-47,54-55,58,72-73,75H,18-22,26,28-31,33-35H2,1-17H3,(H,65,78)/b25-23+,32-27+,37-24-,66-53?/t38-,41+,42-,43-,46-,47-,54+,55-,58-,64-/m0/s1. The van der Waals surface area contributed by atoms with Crippen LogP contribution in [0.2, 0.25) is 0 Å². The molecule has 1 fully saturated rings. The molecule has 20 nitrogen and oxygen atoms in total. The van der Waals surface area contributed by atoms with E-state index in [1.807, 2.05) is 6.92 Å². The molecule has 0 saturated carbocycles. The number of methoxy groups -OCH3 is 1. The van der Waals surface area contributed by atoms with Gasteiger partial charge in [0.05, 0.1) is 47.0 Å². The number of piperidine rings is 1. The molecule has 1 aromatic rings. The summed E-state index contributed by atoms with van der Waals surface area (Å²) in [5.74, 6) is -7.86. The molecule has 4 rings (SSSR count). The van der Waals surface area contributed by atoms with E-state index in [4.69, 9.17) is 33.4 Å². The molecule has 0 spiro atoms. The Morgan fingerprint density at radius 2 is 1.49 bits per heavy atom. The van der Waals surface area contributed by atoms with Gasteiger partial charge >= 0.3 is 23.8 Å². The van der Waals surface area contributed by atoms with Crippen molar-refractivity contribution in [2.45, 2.75) is 197 Å². The molecule has 2 aliphatic heterocycles. The van der Waals surface area contributed by atoms with E-state index in [1.165, 1.54) is 40.3 Å². The highest BCUT2D eigenvalue weighted by Gasteiger charge is 2.52. The number of hydrogen-bond acceptors (Lipinski definition) is 18. The number of aromatic hydroxyl groups is 1. The van der Waals surface area contributed by atoms with Gasteiger partial charge in [-0.05, 0) is 83.9 Å². The monoisotopic (exact) mass is 1180 g/mol. The van der Waals surface area contributed by atoms with Gasteiger partial charge in [0.15, 0.2) is 11.6 Å². The number of nitrogens with zero attached hydrogens (tertiary/aromatic N) is 3. The molecule has 0 unspecified atom stereocenters. The van der Waals surface area contributed by atoms with E-state index >= 15 is 0 Å². The number of benzene rings is 1. The second-order valence-electron chi connectivity index (χ2n) is 24.0. The molecule has 468 valence electrons. The largest absolute Gasteiger partial charge is 0.507 e. The van der Waals surface area contributed by atoms with E-state index in [0.29, 0.717) is 34.8 Å². The highest BCUT2D eigenvalue weighted by molar-refractivity contribution is 6.33. The van der Waals surface area contributed by atoms with E-state index in [2.05, 4.69) is 31.0 Å². The Morgan fingerprint density at radius 3 is 2.08 bits per heavy atom. The molecule has 0 bridgehead atoms. The number of carbonyl (C=O) groups is 7. The smallest absolute Gasteiger partial charge is 0.410 e. The van der Waals surface area contributed by atoms with Gasteiger partial charge in [-0.15, -0.1) is 0 Å². The Hall–Kier alpha value is -6.22. The van der Waals surface area contributed by atoms with Crippen molar-refractivity contribution >= 4 is 47.0 Å². The zero-order valence-electron chi connectivity index (χ0n) is 52.8. The van der Waals surface area contributed by atoms with Gasteiger partial charge in [-0.2, -0.15) is 0 Å². The van der Waals surface area contributed by atoms with Gasteiger partial charge in [0.2, 0.25) is 12.7 Å². The number of unbranched alkanes of at least 4 members (excludes halogenated alkanes) is 3. The first-order valence-electron chi connectivity index (χ1n) is 29.7. The minimum absolute atomic E-state index is 0.00583. The fraction of sp³-hybridized carbons (Fsp3) is 0.656. The number of likely N-dealkylation sites (N-methyl/N-ethyl adjacent to an activating group) is 1. The van der Waals surface area contributed by atoms with Crippen molar-refractivity contribution in [2.24, 2.45) is 34.6 Å². The zero-order valence-corrected chi connectivity index (χ0v) is 52.8. The van der Waals surface area contributed by atoms with Crippen molar-refractivity contribution in [2.75, 3.05) is 47.1 Å². The third kappa shape index (κ3) is 17.7. The Bertz CT molecular complexity index is 2700. The van der Waals surface area contributed by atoms with Crippen molar-refractivity contribution in [1.82, 2.24) is 15.1 Å². The maximum atomic E-state index is 14.8. The molecule has 0 radical (unpaired) electrons. The van der Waals surface area contributed by atoms with Crippen molar-refractivity contribution in [3.8, 4) is 11.5 Å². The van der Waals surface area contributed by atoms with Gasteiger partial charge in [-0.1, -0.05) is 99.3 Å². The highest BCUT2D eigenvalue weighted by Crippen LogP contribution is 2.49. The molecule has 3 aliphatic rings. The first kappa shape index (κ1) is 70.3. The molecule has 4 N–H and O–H groups in total. The van der Waals surface area contributed by atoms with Gasteiger partial charge in [0, 0.05) is 87.5 Å². The highest BCUT2D eigenvalue weighted by atomic mass is 16.7. The number of ketones is 3. The molecule has 2 amide bonds. The van der Waals surface area contributed by atoms with Crippen LogP contribution in [0, 0.1) is 36.5 Å². The van der Waals surface area contributed by atoms with E-state index in [9.17, 15) is 48.9 Å². The third-order valence-electron chi connectivity index (χ3n) is 16.8. The summed E-state index contributed by atoms with van der Waals surface area (Å²) in [7, 11) is 2.82. The average Bonchev–Trinajstić information content (AvgIpc) is 3.12. The average molecular weight is 1180 g/mol. The lowest BCUT2D eigenvalue weighted by Gasteiger charge is -2.38. The number of rotatable bonds is 30. The molecule has 10 atom stereocenters. The number of allylic oxidation sites excluding steroid dienone is 5. The van der Waals surface area contributed by atoms with Gasteiger partial charge in [-0.3, -0.25) is 33.8 Å². The number of hydrogen-bond donors (Lipinski definition) is 4. The van der Waals surface area contributed by atoms with Crippen LogP contribution < -0.4 is 10.1 Å². The number of alkyl carbamates (subject to hydrolysis) is 1. The summed E-state index contributed by atoms with van der Waals surface area (Å²) in [5, 5.41) is 38.3. The van der Waals surface area contributed by atoms with Gasteiger partial charge in [-0.25, -0.2) is 4.79 Å². The topological polar surface area (TPSA) is 266 Å². The normalized spacial score (nSPS) is 21.0. The number of phenols is 1. The summed E-state index contributed by atoms with van der Waals surface area (Å²) in [6.07, 6.45) is 7.31. The molecule has 2 heterocycles. The number of esters is 2. The molecule has 1 aliphatic carbocycles. The number of aliphatic imine (C=N–C) groups is 1. The van der Waals surface area contributed by atoms with Crippen LogP contribution in [0.4, 0.5) is 4.79 Å². The predicted octanol–water partition coefficient (Wildman–Crippen LogP) is 9.07. The number of carbonyl (C=O) groups excluding carboxylic acids is 7. The van der Waals surface area contributed by atoms with Crippen molar-refractivity contribution in [1.29, 1.82) is 0 Å². The van der Waals surface area contributed by atoms with Crippen molar-refractivity contribution in [3.63, 3.8) is 0 Å². The number of nitrogens with one attached hydrogen (secondary N) is 1. The number of amides is 2. The summed E-state index contributed by atoms with van der Waals surface area (Å²) < 4.78 is 34.2. The van der Waals surface area contributed by atoms with E-state index in [0.717, 1.165) is 56.6 Å². The zero-order chi connectivity index (χ0) is 63.1. The van der Waals surface area contributed by atoms with Crippen LogP contribution >= 0.6 is 0 Å². The SMILES string of the molecule is CCCCCC[C@H](NC(=O)OCOC(=O)CC)C(=O)N(C)CC(=O)O[C@H]([C@@H](C)[C@@H](O)[C@@H](C)[C@H](O)[C@H](C)[C@H](/C=C/O[C@@]1(C)Oc2c(C)c(O)c3c(c2C1=O)C(=NC1(C)CCN(CC(C)C)CC1)C(C)=C(C)C3=O)OC)[C@@H](C)/C=C/C=C(/C)C(C)=O. The lowest BCUT2D eigenvalue weighted by molar-refractivity contribution is -0.162. The fourth-order valence-corrected chi connectivity index (χ4v) is 10.9. The molecule has 1 aromatic carbocycles. The maximum absolute atomic E-state index is 14.8. The van der Waals surface area contributed by atoms with Crippen LogP contribution in [0.3, 0.4) is 0 Å². The number of phenolic OH excluding ortho intramolecular Hbond substituents is 1. The number of aliphatic hydroxyl groups excluding tert-OH is 2. The molecular weight excluding hydrogens is 1080 g/mol. The van der Waals surface area contributed by atoms with Crippen molar-refractivity contribution in [3.05, 3.63) is 69.5 Å². The predicted molar refractivity (Wildman–Crippen MR) is 319 cm³/mol. The quantitative estimate of drug-likeness (QED) is 0.0140. The first-order valence-corrected chi connectivity index (χ1v) is 29.7. The summed E-state index contributed by atoms with van der Waals surface area (Å²) in [4.78, 5) is 102. The summed E-state index contributed by atoms with van der Waals surface area (Å²) in [5.41, 5.74) is 1.93. The maximum Gasteiger partial charge on any atom is 0.410 e. The summed E-state index contributed by atoms with van der Waals surface area (Å²) in [6.45, 7) is 27.9. The van der Waals surface area contributed by atoms with Crippen LogP contribution in [0.5, 0.6) is 11.5 Å². The third-order valence-corrected chi connectivity index (χ3v) is 16.8. The van der Waals surface area contributed by atoms with E-state index < -0.39 is 114 Å². The van der Waals surface area contributed by atoms with Crippen LogP contribution in [-0.4, -0.2) is 161 Å². The van der Waals surface area contributed by atoms with Crippen LogP contribution in [0.15, 0.2) is 52.3 Å². The molecule has 1 saturated heterocycles. The van der Waals surface area contributed by atoms with Crippen molar-refractivity contribution < 1.29 is 77.3 Å². The van der Waals surface area contributed by atoms with Crippen LogP contribution in [-0.2, 0) is 42.9 Å². The first-order chi connectivity index (χ1) is 39.4. The number of ether oxygens (including phenoxy) is 6. The Morgan fingerprint density at radius 1 is 0.845 bits per heavy atom. The lowest BCUT2D eigenvalue weighted by atomic mass is 9.78. The second kappa shape index (κ2) is 31.3. The van der Waals surface area contributed by atoms with E-state index in [-0.39, 0.29) is 52.4 Å². The minimum atomic E-state index is -1.97. The number of fused-ring (bicyclic) bond motifs is 3. The number of likely N-dealkylation sites (tertiary alicyclic amines) is 1. The molecular formula is C64H96N4O16. The van der Waals surface area contributed by atoms with Crippen LogP contribution in [0.25, 0.3) is 0 Å². The van der Waals surface area contributed by atoms with Gasteiger partial charge in [0.1, 0.15) is 30.2 Å². The molecule has 0 aromatic heterocycles. The lowest BCUT2D eigenvalue weighted by Crippen LogP contribution is -2.50. The molecule has 84 heavy (non-hydrogen) atoms. The Kier molecular flexibility index (Phi) is 26.1. The van der Waals surface area contributed by atoms with Gasteiger partial charge in [0.25, 0.3) is 5.78 Å². The van der Waals surface area contributed by atoms with E-state index in [1.54, 1.807) is 80.5 Å². The number of Topliss-reactive ketones (excluding diaryl/α,β-unsaturated/α-hetero) is 3. The Balaban J connectivity index is 1.55. The Labute approximate surface area is 497 Å². The fourth-order valence-electron chi connectivity index (χ4n) is 10.9. The summed E-state index contributed by atoms with van der Waals surface area (Å²) >= 11 is 0.